The first kappa shape index (κ1) is 15.5. The van der Waals surface area contributed by atoms with Crippen LogP contribution >= 0.6 is 0 Å². The van der Waals surface area contributed by atoms with Gasteiger partial charge in [-0.3, -0.25) is 9.52 Å². The predicted octanol–water partition coefficient (Wildman–Crippen LogP) is 1.52. The molecule has 0 aliphatic carbocycles. The van der Waals surface area contributed by atoms with Gasteiger partial charge in [0.25, 0.3) is 0 Å². The third kappa shape index (κ3) is 5.74. The summed E-state index contributed by atoms with van der Waals surface area (Å²) in [5.41, 5.74) is 1.37. The first-order valence-electron chi connectivity index (χ1n) is 6.27. The normalized spacial score (nSPS) is 11.1. The van der Waals surface area contributed by atoms with Crippen LogP contribution in [0.25, 0.3) is 0 Å². The third-order valence-corrected chi connectivity index (χ3v) is 4.01. The maximum absolute atomic E-state index is 11.7. The maximum atomic E-state index is 11.7. The Hall–Kier alpha value is -1.56. The molecule has 0 aromatic heterocycles. The standard InChI is InChI=1S/C13H20N2O3S/c1-3-4-9-19(17,18)15-12-7-5-11(6-8-12)10-13(16)14-2/h5-8,15H,3-4,9-10H2,1-2H3,(H,14,16). The summed E-state index contributed by atoms with van der Waals surface area (Å²) in [6.45, 7) is 1.95. The van der Waals surface area contributed by atoms with Crippen molar-refractivity contribution in [2.24, 2.45) is 0 Å². The van der Waals surface area contributed by atoms with E-state index in [4.69, 9.17) is 0 Å². The van der Waals surface area contributed by atoms with Gasteiger partial charge < -0.3 is 5.32 Å². The number of amides is 1. The highest BCUT2D eigenvalue weighted by molar-refractivity contribution is 7.92. The van der Waals surface area contributed by atoms with Gasteiger partial charge in [0, 0.05) is 12.7 Å². The maximum Gasteiger partial charge on any atom is 0.232 e. The summed E-state index contributed by atoms with van der Waals surface area (Å²) in [4.78, 5) is 11.2. The van der Waals surface area contributed by atoms with Crippen molar-refractivity contribution in [3.8, 4) is 0 Å². The van der Waals surface area contributed by atoms with Crippen molar-refractivity contribution in [1.82, 2.24) is 5.32 Å². The van der Waals surface area contributed by atoms with Gasteiger partial charge >= 0.3 is 0 Å². The van der Waals surface area contributed by atoms with Crippen molar-refractivity contribution in [1.29, 1.82) is 0 Å². The summed E-state index contributed by atoms with van der Waals surface area (Å²) in [6.07, 6.45) is 1.77. The zero-order chi connectivity index (χ0) is 14.3. The highest BCUT2D eigenvalue weighted by atomic mass is 32.2. The Morgan fingerprint density at radius 2 is 1.84 bits per heavy atom. The molecule has 6 heteroatoms. The molecule has 106 valence electrons. The van der Waals surface area contributed by atoms with Crippen LogP contribution in [-0.4, -0.2) is 27.1 Å². The molecule has 0 atom stereocenters. The van der Waals surface area contributed by atoms with Crippen LogP contribution < -0.4 is 10.0 Å². The Bertz CT molecular complexity index is 509. The lowest BCUT2D eigenvalue weighted by molar-refractivity contribution is -0.119. The number of unbranched alkanes of at least 4 members (excludes halogenated alkanes) is 1. The van der Waals surface area contributed by atoms with Crippen LogP contribution in [-0.2, 0) is 21.2 Å². The van der Waals surface area contributed by atoms with E-state index < -0.39 is 10.0 Å². The summed E-state index contributed by atoms with van der Waals surface area (Å²) in [5.74, 6) is 0.0556. The van der Waals surface area contributed by atoms with Crippen LogP contribution in [0.2, 0.25) is 0 Å². The Kier molecular flexibility index (Phi) is 5.82. The summed E-state index contributed by atoms with van der Waals surface area (Å²) in [7, 11) is -1.68. The van der Waals surface area contributed by atoms with E-state index >= 15 is 0 Å². The molecular weight excluding hydrogens is 264 g/mol. The second-order valence-corrected chi connectivity index (χ2v) is 6.16. The lowest BCUT2D eigenvalue weighted by Gasteiger charge is -2.08. The molecule has 19 heavy (non-hydrogen) atoms. The molecule has 1 amide bonds. The molecule has 5 nitrogen and oxygen atoms in total. The molecule has 0 saturated carbocycles. The molecule has 0 heterocycles. The SMILES string of the molecule is CCCCS(=O)(=O)Nc1ccc(CC(=O)NC)cc1. The molecule has 1 aromatic carbocycles. The first-order valence-corrected chi connectivity index (χ1v) is 7.92. The van der Waals surface area contributed by atoms with Crippen LogP contribution in [0.15, 0.2) is 24.3 Å². The zero-order valence-corrected chi connectivity index (χ0v) is 12.1. The third-order valence-electron chi connectivity index (χ3n) is 2.64. The van der Waals surface area contributed by atoms with Gasteiger partial charge in [-0.15, -0.1) is 0 Å². The smallest absolute Gasteiger partial charge is 0.232 e. The van der Waals surface area contributed by atoms with Gasteiger partial charge in [-0.1, -0.05) is 25.5 Å². The monoisotopic (exact) mass is 284 g/mol. The minimum Gasteiger partial charge on any atom is -0.359 e. The predicted molar refractivity (Wildman–Crippen MR) is 76.5 cm³/mol. The molecule has 0 bridgehead atoms. The molecule has 0 fully saturated rings. The van der Waals surface area contributed by atoms with Crippen molar-refractivity contribution in [2.75, 3.05) is 17.5 Å². The van der Waals surface area contributed by atoms with Crippen LogP contribution in [0.5, 0.6) is 0 Å². The molecule has 0 aliphatic rings. The molecular formula is C13H20N2O3S. The van der Waals surface area contributed by atoms with E-state index in [1.165, 1.54) is 0 Å². The van der Waals surface area contributed by atoms with E-state index in [2.05, 4.69) is 10.0 Å². The number of anilines is 1. The topological polar surface area (TPSA) is 75.3 Å². The highest BCUT2D eigenvalue weighted by Gasteiger charge is 2.09. The van der Waals surface area contributed by atoms with Crippen molar-refractivity contribution in [3.63, 3.8) is 0 Å². The van der Waals surface area contributed by atoms with Gasteiger partial charge in [-0.25, -0.2) is 8.42 Å². The van der Waals surface area contributed by atoms with Crippen molar-refractivity contribution >= 4 is 21.6 Å². The van der Waals surface area contributed by atoms with E-state index in [1.807, 2.05) is 6.92 Å². The molecule has 2 N–H and O–H groups in total. The number of likely N-dealkylation sites (N-methyl/N-ethyl adjacent to an activating group) is 1. The fourth-order valence-electron chi connectivity index (χ4n) is 1.53. The number of carbonyl (C=O) groups is 1. The van der Waals surface area contributed by atoms with Gasteiger partial charge in [-0.05, 0) is 24.1 Å². The Morgan fingerprint density at radius 3 is 2.37 bits per heavy atom. The molecule has 0 unspecified atom stereocenters. The van der Waals surface area contributed by atoms with Gasteiger partial charge in [-0.2, -0.15) is 0 Å². The summed E-state index contributed by atoms with van der Waals surface area (Å²) < 4.78 is 25.9. The summed E-state index contributed by atoms with van der Waals surface area (Å²) in [5, 5.41) is 2.54. The summed E-state index contributed by atoms with van der Waals surface area (Å²) >= 11 is 0. The van der Waals surface area contributed by atoms with Gasteiger partial charge in [0.05, 0.1) is 12.2 Å². The number of benzene rings is 1. The average Bonchev–Trinajstić information content (AvgIpc) is 2.38. The molecule has 0 aliphatic heterocycles. The van der Waals surface area contributed by atoms with E-state index in [0.717, 1.165) is 12.0 Å². The van der Waals surface area contributed by atoms with Crippen molar-refractivity contribution < 1.29 is 13.2 Å². The number of nitrogens with one attached hydrogen (secondary N) is 2. The van der Waals surface area contributed by atoms with Crippen LogP contribution in [0.4, 0.5) is 5.69 Å². The van der Waals surface area contributed by atoms with E-state index in [0.29, 0.717) is 18.5 Å². The zero-order valence-electron chi connectivity index (χ0n) is 11.3. The minimum atomic E-state index is -3.27. The molecule has 0 saturated heterocycles. The van der Waals surface area contributed by atoms with Crippen LogP contribution in [0.1, 0.15) is 25.3 Å². The Balaban J connectivity index is 2.64. The Morgan fingerprint density at radius 1 is 1.21 bits per heavy atom. The number of hydrogen-bond donors (Lipinski definition) is 2. The average molecular weight is 284 g/mol. The highest BCUT2D eigenvalue weighted by Crippen LogP contribution is 2.12. The fraction of sp³-hybridized carbons (Fsp3) is 0.462. The van der Waals surface area contributed by atoms with E-state index in [9.17, 15) is 13.2 Å². The largest absolute Gasteiger partial charge is 0.359 e. The molecule has 1 aromatic rings. The van der Waals surface area contributed by atoms with Crippen molar-refractivity contribution in [2.45, 2.75) is 26.2 Å². The second-order valence-electron chi connectivity index (χ2n) is 4.32. The summed E-state index contributed by atoms with van der Waals surface area (Å²) in [6, 6.07) is 6.82. The second kappa shape index (κ2) is 7.13. The lowest BCUT2D eigenvalue weighted by Crippen LogP contribution is -2.20. The minimum absolute atomic E-state index is 0.0729. The van der Waals surface area contributed by atoms with Crippen LogP contribution in [0, 0.1) is 0 Å². The van der Waals surface area contributed by atoms with Gasteiger partial charge in [0.1, 0.15) is 0 Å². The molecule has 0 spiro atoms. The number of carbonyl (C=O) groups excluding carboxylic acids is 1. The fourth-order valence-corrected chi connectivity index (χ4v) is 2.80. The van der Waals surface area contributed by atoms with Crippen LogP contribution in [0.3, 0.4) is 0 Å². The quantitative estimate of drug-likeness (QED) is 0.797. The number of hydrogen-bond acceptors (Lipinski definition) is 3. The molecule has 0 radical (unpaired) electrons. The molecule has 1 rings (SSSR count). The van der Waals surface area contributed by atoms with Gasteiger partial charge in [0.15, 0.2) is 0 Å². The van der Waals surface area contributed by atoms with E-state index in [-0.39, 0.29) is 11.7 Å². The Labute approximate surface area is 114 Å². The van der Waals surface area contributed by atoms with E-state index in [1.54, 1.807) is 31.3 Å². The number of rotatable bonds is 7. The lowest BCUT2D eigenvalue weighted by atomic mass is 10.1. The number of sulfonamides is 1. The first-order chi connectivity index (χ1) is 8.96. The van der Waals surface area contributed by atoms with Gasteiger partial charge in [0.2, 0.25) is 15.9 Å². The van der Waals surface area contributed by atoms with Crippen molar-refractivity contribution in [3.05, 3.63) is 29.8 Å².